The molecule has 0 aliphatic rings. The molecule has 0 fully saturated rings. The van der Waals surface area contributed by atoms with Crippen molar-refractivity contribution in [3.05, 3.63) is 71.4 Å². The second-order valence-corrected chi connectivity index (χ2v) is 5.22. The quantitative estimate of drug-likeness (QED) is 0.797. The molecule has 3 rings (SSSR count). The number of aryl methyl sites for hydroxylation is 1. The van der Waals surface area contributed by atoms with Gasteiger partial charge in [0.25, 0.3) is 0 Å². The average molecular weight is 292 g/mol. The molecule has 0 spiro atoms. The molecule has 1 N–H and O–H groups in total. The van der Waals surface area contributed by atoms with Crippen molar-refractivity contribution < 1.29 is 9.90 Å². The Morgan fingerprint density at radius 2 is 1.77 bits per heavy atom. The minimum Gasteiger partial charge on any atom is -0.477 e. The summed E-state index contributed by atoms with van der Waals surface area (Å²) in [5.74, 6) is -0.990. The highest BCUT2D eigenvalue weighted by molar-refractivity contribution is 5.88. The maximum absolute atomic E-state index is 11.6. The second kappa shape index (κ2) is 5.48. The lowest BCUT2D eigenvalue weighted by molar-refractivity contribution is 0.0687. The maximum Gasteiger partial charge on any atom is 0.354 e. The summed E-state index contributed by atoms with van der Waals surface area (Å²) in [4.78, 5) is 11.6. The van der Waals surface area contributed by atoms with Crippen LogP contribution in [0.4, 0.5) is 0 Å². The number of hydrogen-bond acceptors (Lipinski definition) is 2. The molecule has 0 radical (unpaired) electrons. The summed E-state index contributed by atoms with van der Waals surface area (Å²) >= 11 is 0. The smallest absolute Gasteiger partial charge is 0.354 e. The fourth-order valence-corrected chi connectivity index (χ4v) is 2.43. The van der Waals surface area contributed by atoms with Crippen molar-refractivity contribution >= 4 is 5.97 Å². The summed E-state index contributed by atoms with van der Waals surface area (Å²) in [7, 11) is 0. The van der Waals surface area contributed by atoms with Gasteiger partial charge in [-0.1, -0.05) is 42.5 Å². The molecule has 22 heavy (non-hydrogen) atoms. The number of aromatic nitrogens is 2. The molecule has 0 saturated heterocycles. The summed E-state index contributed by atoms with van der Waals surface area (Å²) < 4.78 is 1.51. The van der Waals surface area contributed by atoms with Crippen LogP contribution in [0.2, 0.25) is 0 Å². The fourth-order valence-electron chi connectivity index (χ4n) is 2.43. The lowest BCUT2D eigenvalue weighted by Crippen LogP contribution is -2.09. The van der Waals surface area contributed by atoms with E-state index in [2.05, 4.69) is 5.10 Å². The molecular weight excluding hydrogens is 276 g/mol. The van der Waals surface area contributed by atoms with Crippen LogP contribution in [0, 0.1) is 13.8 Å². The van der Waals surface area contributed by atoms with Crippen LogP contribution in [0.3, 0.4) is 0 Å². The average Bonchev–Trinajstić information content (AvgIpc) is 2.96. The lowest BCUT2D eigenvalue weighted by Gasteiger charge is -2.10. The first-order chi connectivity index (χ1) is 10.6. The molecule has 1 aromatic heterocycles. The summed E-state index contributed by atoms with van der Waals surface area (Å²) in [5.41, 5.74) is 4.62. The number of hydrogen-bond donors (Lipinski definition) is 1. The van der Waals surface area contributed by atoms with Crippen molar-refractivity contribution in [2.75, 3.05) is 0 Å². The van der Waals surface area contributed by atoms with E-state index in [1.807, 2.05) is 62.4 Å². The molecule has 0 bridgehead atoms. The first kappa shape index (κ1) is 14.1. The van der Waals surface area contributed by atoms with Crippen molar-refractivity contribution in [2.24, 2.45) is 0 Å². The first-order valence-electron chi connectivity index (χ1n) is 7.03. The van der Waals surface area contributed by atoms with E-state index in [1.165, 1.54) is 4.68 Å². The highest BCUT2D eigenvalue weighted by Crippen LogP contribution is 2.24. The number of aromatic carboxylic acids is 1. The third-order valence-corrected chi connectivity index (χ3v) is 3.80. The Morgan fingerprint density at radius 1 is 1.05 bits per heavy atom. The number of carboxylic acids is 1. The molecule has 2 aromatic carbocycles. The molecule has 4 heteroatoms. The third kappa shape index (κ3) is 2.39. The van der Waals surface area contributed by atoms with Gasteiger partial charge in [0, 0.05) is 5.56 Å². The van der Waals surface area contributed by atoms with Gasteiger partial charge < -0.3 is 5.11 Å². The molecule has 0 aliphatic heterocycles. The number of nitrogens with zero attached hydrogens (tertiary/aromatic N) is 2. The molecule has 0 saturated carbocycles. The Bertz CT molecular complexity index is 836. The Morgan fingerprint density at radius 3 is 2.45 bits per heavy atom. The van der Waals surface area contributed by atoms with Gasteiger partial charge in [0.05, 0.1) is 11.4 Å². The van der Waals surface area contributed by atoms with Crippen LogP contribution in [0.5, 0.6) is 0 Å². The largest absolute Gasteiger partial charge is 0.477 e. The maximum atomic E-state index is 11.6. The molecule has 0 aliphatic carbocycles. The van der Waals surface area contributed by atoms with Gasteiger partial charge >= 0.3 is 5.97 Å². The molecule has 3 aromatic rings. The molecule has 1 heterocycles. The minimum atomic E-state index is -0.990. The predicted molar refractivity (Wildman–Crippen MR) is 85.4 cm³/mol. The van der Waals surface area contributed by atoms with Crippen molar-refractivity contribution in [3.63, 3.8) is 0 Å². The van der Waals surface area contributed by atoms with Gasteiger partial charge in [-0.05, 0) is 37.1 Å². The van der Waals surface area contributed by atoms with E-state index in [1.54, 1.807) is 6.07 Å². The van der Waals surface area contributed by atoms with Gasteiger partial charge in [-0.15, -0.1) is 0 Å². The number of carboxylic acid groups (broad SMARTS) is 1. The van der Waals surface area contributed by atoms with E-state index in [9.17, 15) is 9.90 Å². The van der Waals surface area contributed by atoms with Gasteiger partial charge in [-0.2, -0.15) is 5.10 Å². The molecule has 110 valence electrons. The zero-order valence-corrected chi connectivity index (χ0v) is 12.4. The van der Waals surface area contributed by atoms with E-state index in [0.29, 0.717) is 5.69 Å². The summed E-state index contributed by atoms with van der Waals surface area (Å²) in [6.07, 6.45) is 0. The number of benzene rings is 2. The van der Waals surface area contributed by atoms with E-state index in [0.717, 1.165) is 22.4 Å². The van der Waals surface area contributed by atoms with Crippen molar-refractivity contribution in [1.29, 1.82) is 0 Å². The SMILES string of the molecule is Cc1cccc(-n2nc(-c3ccccc3)cc2C(=O)O)c1C. The first-order valence-corrected chi connectivity index (χ1v) is 7.03. The van der Waals surface area contributed by atoms with Gasteiger partial charge in [0.2, 0.25) is 0 Å². The summed E-state index contributed by atoms with van der Waals surface area (Å²) in [6, 6.07) is 17.0. The standard InChI is InChI=1S/C18H16N2O2/c1-12-7-6-10-16(13(12)2)20-17(18(21)22)11-15(19-20)14-8-4-3-5-9-14/h3-11H,1-2H3,(H,21,22). The van der Waals surface area contributed by atoms with Crippen LogP contribution >= 0.6 is 0 Å². The summed E-state index contributed by atoms with van der Waals surface area (Å²) in [5, 5.41) is 14.0. The number of rotatable bonds is 3. The molecule has 0 amide bonds. The lowest BCUT2D eigenvalue weighted by atomic mass is 10.1. The van der Waals surface area contributed by atoms with Crippen molar-refractivity contribution in [1.82, 2.24) is 9.78 Å². The molecule has 0 atom stereocenters. The second-order valence-electron chi connectivity index (χ2n) is 5.22. The van der Waals surface area contributed by atoms with Crippen molar-refractivity contribution in [3.8, 4) is 16.9 Å². The highest BCUT2D eigenvalue weighted by Gasteiger charge is 2.18. The van der Waals surface area contributed by atoms with E-state index in [-0.39, 0.29) is 5.69 Å². The predicted octanol–water partition coefficient (Wildman–Crippen LogP) is 3.85. The monoisotopic (exact) mass is 292 g/mol. The van der Waals surface area contributed by atoms with Crippen LogP contribution < -0.4 is 0 Å². The summed E-state index contributed by atoms with van der Waals surface area (Å²) in [6.45, 7) is 3.97. The number of carbonyl (C=O) groups is 1. The Balaban J connectivity index is 2.21. The molecule has 0 unspecified atom stereocenters. The third-order valence-electron chi connectivity index (χ3n) is 3.80. The van der Waals surface area contributed by atoms with E-state index >= 15 is 0 Å². The Kier molecular flexibility index (Phi) is 3.51. The zero-order valence-electron chi connectivity index (χ0n) is 12.4. The van der Waals surface area contributed by atoms with Gasteiger partial charge in [-0.25, -0.2) is 9.48 Å². The Hall–Kier alpha value is -2.88. The minimum absolute atomic E-state index is 0.160. The zero-order chi connectivity index (χ0) is 15.7. The fraction of sp³-hybridized carbons (Fsp3) is 0.111. The molecular formula is C18H16N2O2. The molecule has 4 nitrogen and oxygen atoms in total. The topological polar surface area (TPSA) is 55.1 Å². The van der Waals surface area contributed by atoms with Crippen molar-refractivity contribution in [2.45, 2.75) is 13.8 Å². The van der Waals surface area contributed by atoms with Gasteiger partial charge in [-0.3, -0.25) is 0 Å². The van der Waals surface area contributed by atoms with Crippen LogP contribution in [0.15, 0.2) is 54.6 Å². The van der Waals surface area contributed by atoms with Crippen LogP contribution in [0.25, 0.3) is 16.9 Å². The van der Waals surface area contributed by atoms with Crippen LogP contribution in [0.1, 0.15) is 21.6 Å². The highest BCUT2D eigenvalue weighted by atomic mass is 16.4. The van der Waals surface area contributed by atoms with E-state index < -0.39 is 5.97 Å². The van der Waals surface area contributed by atoms with Crippen LogP contribution in [-0.4, -0.2) is 20.9 Å². The van der Waals surface area contributed by atoms with Gasteiger partial charge in [0.15, 0.2) is 5.69 Å². The Labute approximate surface area is 128 Å². The van der Waals surface area contributed by atoms with Gasteiger partial charge in [0.1, 0.15) is 0 Å². The van der Waals surface area contributed by atoms with E-state index in [4.69, 9.17) is 0 Å². The van der Waals surface area contributed by atoms with Crippen LogP contribution in [-0.2, 0) is 0 Å². The normalized spacial score (nSPS) is 10.6.